The maximum absolute atomic E-state index is 13.7. The molecule has 4 nitrogen and oxygen atoms in total. The fourth-order valence-corrected chi connectivity index (χ4v) is 3.66. The monoisotopic (exact) mass is 322 g/mol. The van der Waals surface area contributed by atoms with Crippen LogP contribution in [0.4, 0.5) is 10.1 Å². The van der Waals surface area contributed by atoms with E-state index in [0.29, 0.717) is 0 Å². The molecule has 0 radical (unpaired) electrons. The number of hydrogen-bond acceptors (Lipinski definition) is 3. The van der Waals surface area contributed by atoms with Gasteiger partial charge in [0.1, 0.15) is 17.2 Å². The minimum Gasteiger partial charge on any atom is -0.359 e. The summed E-state index contributed by atoms with van der Waals surface area (Å²) in [7, 11) is 2.04. The largest absolute Gasteiger partial charge is 0.359 e. The van der Waals surface area contributed by atoms with E-state index in [1.807, 2.05) is 14.0 Å². The Kier molecular flexibility index (Phi) is 2.02. The van der Waals surface area contributed by atoms with Crippen LogP contribution in [-0.2, 0) is 5.54 Å². The molecule has 0 unspecified atom stereocenters. The number of fused-ring (bicyclic) bond motifs is 4. The van der Waals surface area contributed by atoms with Crippen molar-refractivity contribution in [3.8, 4) is 5.69 Å². The highest BCUT2D eigenvalue weighted by molar-refractivity contribution is 9.10. The Bertz CT molecular complexity index is 705. The second-order valence-electron chi connectivity index (χ2n) is 5.24. The Morgan fingerprint density at radius 2 is 2.11 bits per heavy atom. The van der Waals surface area contributed by atoms with E-state index < -0.39 is 0 Å². The molecule has 1 aromatic carbocycles. The van der Waals surface area contributed by atoms with Gasteiger partial charge in [0, 0.05) is 17.6 Å². The molecule has 4 rings (SSSR count). The highest BCUT2D eigenvalue weighted by Crippen LogP contribution is 2.56. The Morgan fingerprint density at radius 3 is 2.79 bits per heavy atom. The summed E-state index contributed by atoms with van der Waals surface area (Å²) >= 11 is 3.47. The van der Waals surface area contributed by atoms with Gasteiger partial charge >= 0.3 is 0 Å². The van der Waals surface area contributed by atoms with Crippen LogP contribution in [0.5, 0.6) is 0 Å². The number of anilines is 1. The lowest BCUT2D eigenvalue weighted by Crippen LogP contribution is -2.39. The molecule has 2 aromatic rings. The van der Waals surface area contributed by atoms with E-state index >= 15 is 0 Å². The van der Waals surface area contributed by atoms with Crippen LogP contribution in [0.2, 0.25) is 0 Å². The Balaban J connectivity index is 2.10. The van der Waals surface area contributed by atoms with Gasteiger partial charge in [-0.15, -0.1) is 0 Å². The smallest absolute Gasteiger partial charge is 0.158 e. The third kappa shape index (κ3) is 1.32. The van der Waals surface area contributed by atoms with Crippen LogP contribution in [0.3, 0.4) is 0 Å². The lowest BCUT2D eigenvalue weighted by molar-refractivity contribution is 0.563. The van der Waals surface area contributed by atoms with Crippen molar-refractivity contribution in [3.63, 3.8) is 0 Å². The molecule has 0 saturated heterocycles. The molecule has 1 saturated carbocycles. The number of rotatable bonds is 0. The number of hydrogen-bond donors (Lipinski definition) is 0. The maximum Gasteiger partial charge on any atom is 0.158 e. The zero-order valence-corrected chi connectivity index (χ0v) is 12.2. The van der Waals surface area contributed by atoms with Crippen molar-refractivity contribution in [1.29, 1.82) is 0 Å². The van der Waals surface area contributed by atoms with Gasteiger partial charge in [0.2, 0.25) is 0 Å². The van der Waals surface area contributed by atoms with Crippen LogP contribution in [0.1, 0.15) is 24.5 Å². The maximum atomic E-state index is 13.7. The van der Waals surface area contributed by atoms with Crippen LogP contribution in [0, 0.1) is 12.7 Å². The Hall–Kier alpha value is -1.43. The Labute approximate surface area is 118 Å². The first-order valence-electron chi connectivity index (χ1n) is 6.20. The van der Waals surface area contributed by atoms with Crippen LogP contribution in [-0.4, -0.2) is 21.8 Å². The van der Waals surface area contributed by atoms with E-state index in [4.69, 9.17) is 0 Å². The fraction of sp³-hybridized carbons (Fsp3) is 0.385. The van der Waals surface area contributed by atoms with Crippen molar-refractivity contribution in [1.82, 2.24) is 14.8 Å². The first-order chi connectivity index (χ1) is 9.03. The molecule has 6 heteroatoms. The molecule has 1 aliphatic heterocycles. The summed E-state index contributed by atoms with van der Waals surface area (Å²) < 4.78 is 16.2. The third-order valence-corrected chi connectivity index (χ3v) is 4.67. The lowest BCUT2D eigenvalue weighted by Gasteiger charge is -2.36. The summed E-state index contributed by atoms with van der Waals surface area (Å²) in [5, 5.41) is 4.44. The van der Waals surface area contributed by atoms with Crippen molar-refractivity contribution in [2.24, 2.45) is 0 Å². The second kappa shape index (κ2) is 3.36. The number of aryl methyl sites for hydroxylation is 1. The summed E-state index contributed by atoms with van der Waals surface area (Å²) in [6.07, 6.45) is 2.12. The van der Waals surface area contributed by atoms with E-state index in [9.17, 15) is 4.39 Å². The summed E-state index contributed by atoms with van der Waals surface area (Å²) in [5.74, 6) is 1.38. The lowest BCUT2D eigenvalue weighted by atomic mass is 10.1. The average molecular weight is 323 g/mol. The standard InChI is InChI=1S/C13H12BrFN4/c1-7-16-12-13(3-4-13)18(2)11-9(14)5-8(15)6-10(11)19(12)17-7/h5-6H,3-4H2,1-2H3. The molecule has 1 spiro atoms. The van der Waals surface area contributed by atoms with Crippen molar-refractivity contribution >= 4 is 21.6 Å². The molecule has 1 aliphatic carbocycles. The topological polar surface area (TPSA) is 34.0 Å². The van der Waals surface area contributed by atoms with Gasteiger partial charge in [-0.2, -0.15) is 5.10 Å². The van der Waals surface area contributed by atoms with Crippen molar-refractivity contribution in [3.05, 3.63) is 34.1 Å². The third-order valence-electron chi connectivity index (χ3n) is 4.07. The predicted octanol–water partition coefficient (Wildman–Crippen LogP) is 2.92. The molecule has 19 heavy (non-hydrogen) atoms. The molecule has 1 aromatic heterocycles. The van der Waals surface area contributed by atoms with Gasteiger partial charge in [0.25, 0.3) is 0 Å². The van der Waals surface area contributed by atoms with Gasteiger partial charge in [-0.25, -0.2) is 14.1 Å². The number of halogens is 2. The van der Waals surface area contributed by atoms with Crippen molar-refractivity contribution in [2.75, 3.05) is 11.9 Å². The van der Waals surface area contributed by atoms with Gasteiger partial charge in [0.05, 0.1) is 11.4 Å². The molecular formula is C13H12BrFN4. The van der Waals surface area contributed by atoms with Gasteiger partial charge < -0.3 is 4.90 Å². The zero-order chi connectivity index (χ0) is 13.4. The van der Waals surface area contributed by atoms with Gasteiger partial charge in [-0.1, -0.05) is 0 Å². The van der Waals surface area contributed by atoms with Crippen LogP contribution in [0.15, 0.2) is 16.6 Å². The van der Waals surface area contributed by atoms with Crippen molar-refractivity contribution < 1.29 is 4.39 Å². The molecule has 2 heterocycles. The molecule has 0 N–H and O–H groups in total. The van der Waals surface area contributed by atoms with E-state index in [2.05, 4.69) is 30.9 Å². The number of benzene rings is 1. The van der Waals surface area contributed by atoms with Crippen LogP contribution < -0.4 is 4.90 Å². The SMILES string of the molecule is Cc1nc2n(n1)-c1cc(F)cc(Br)c1N(C)C21CC1. The normalized spacial score (nSPS) is 18.4. The first-order valence-corrected chi connectivity index (χ1v) is 7.00. The van der Waals surface area contributed by atoms with Crippen LogP contribution >= 0.6 is 15.9 Å². The van der Waals surface area contributed by atoms with E-state index in [1.165, 1.54) is 12.1 Å². The van der Waals surface area contributed by atoms with Crippen molar-refractivity contribution in [2.45, 2.75) is 25.3 Å². The van der Waals surface area contributed by atoms with Gasteiger partial charge in [0.15, 0.2) is 5.82 Å². The van der Waals surface area contributed by atoms with E-state index in [-0.39, 0.29) is 11.4 Å². The second-order valence-corrected chi connectivity index (χ2v) is 6.09. The highest BCUT2D eigenvalue weighted by Gasteiger charge is 2.55. The van der Waals surface area contributed by atoms with Gasteiger partial charge in [-0.05, 0) is 41.8 Å². The average Bonchev–Trinajstić information content (AvgIpc) is 3.03. The van der Waals surface area contributed by atoms with Crippen LogP contribution in [0.25, 0.3) is 5.69 Å². The van der Waals surface area contributed by atoms with E-state index in [1.54, 1.807) is 4.68 Å². The quantitative estimate of drug-likeness (QED) is 0.748. The zero-order valence-electron chi connectivity index (χ0n) is 10.6. The molecule has 98 valence electrons. The minimum atomic E-state index is -0.273. The first kappa shape index (κ1) is 11.4. The highest BCUT2D eigenvalue weighted by atomic mass is 79.9. The summed E-state index contributed by atoms with van der Waals surface area (Å²) in [4.78, 5) is 6.75. The molecule has 2 aliphatic rings. The van der Waals surface area contributed by atoms with E-state index in [0.717, 1.165) is 40.3 Å². The van der Waals surface area contributed by atoms with Gasteiger partial charge in [-0.3, -0.25) is 0 Å². The molecule has 0 bridgehead atoms. The minimum absolute atomic E-state index is 0.0609. The Morgan fingerprint density at radius 1 is 1.37 bits per heavy atom. The summed E-state index contributed by atoms with van der Waals surface area (Å²) in [5.41, 5.74) is 1.67. The molecular weight excluding hydrogens is 311 g/mol. The molecule has 0 amide bonds. The summed E-state index contributed by atoms with van der Waals surface area (Å²) in [6.45, 7) is 1.87. The fourth-order valence-electron chi connectivity index (χ4n) is 2.97. The summed E-state index contributed by atoms with van der Waals surface area (Å²) in [6, 6.07) is 3.02. The predicted molar refractivity (Wildman–Crippen MR) is 73.1 cm³/mol. The molecule has 0 atom stereocenters. The number of nitrogens with zero attached hydrogens (tertiary/aromatic N) is 4. The molecule has 1 fully saturated rings. The number of aromatic nitrogens is 3.